The first kappa shape index (κ1) is 21.5. The Morgan fingerprint density at radius 1 is 1.19 bits per heavy atom. The number of amides is 2. The van der Waals surface area contributed by atoms with Gasteiger partial charge in [-0.3, -0.25) is 9.59 Å². The number of fused-ring (bicyclic) bond motifs is 1. The molecule has 7 nitrogen and oxygen atoms in total. The average Bonchev–Trinajstić information content (AvgIpc) is 3.29. The van der Waals surface area contributed by atoms with E-state index in [1.807, 2.05) is 0 Å². The second-order valence-electron chi connectivity index (χ2n) is 6.07. The Kier molecular flexibility index (Phi) is 6.10. The number of carbonyl (C=O) groups is 3. The van der Waals surface area contributed by atoms with E-state index in [1.54, 1.807) is 42.5 Å². The van der Waals surface area contributed by atoms with Crippen molar-refractivity contribution in [3.63, 3.8) is 0 Å². The first-order chi connectivity index (χ1) is 14.9. The topological polar surface area (TPSA) is 88.9 Å². The highest BCUT2D eigenvalue weighted by Crippen LogP contribution is 2.40. The van der Waals surface area contributed by atoms with E-state index >= 15 is 0 Å². The molecule has 2 heterocycles. The number of nitrogens with zero attached hydrogens (tertiary/aromatic N) is 3. The maximum Gasteiger partial charge on any atom is 0.331 e. The summed E-state index contributed by atoms with van der Waals surface area (Å²) in [5, 5.41) is 1.06. The van der Waals surface area contributed by atoms with Gasteiger partial charge in [0.25, 0.3) is 11.8 Å². The molecule has 0 spiro atoms. The number of carbonyl (C=O) groups excluding carboxylic acids is 3. The molecule has 0 aliphatic carbocycles. The first-order valence-corrected chi connectivity index (χ1v) is 11.0. The smallest absolute Gasteiger partial charge is 0.331 e. The summed E-state index contributed by atoms with van der Waals surface area (Å²) < 4.78 is 5.27. The third-order valence-electron chi connectivity index (χ3n) is 4.07. The highest BCUT2D eigenvalue weighted by molar-refractivity contribution is 8.19. The van der Waals surface area contributed by atoms with E-state index in [-0.39, 0.29) is 15.2 Å². The Hall–Kier alpha value is -2.72. The third-order valence-corrected chi connectivity index (χ3v) is 6.53. The van der Waals surface area contributed by atoms with E-state index in [0.717, 1.165) is 29.2 Å². The van der Waals surface area contributed by atoms with Crippen LogP contribution in [-0.2, 0) is 14.3 Å². The standard InChI is InChI=1S/C20H11Cl2N3O4S2/c1-29-15(26)9-14-18(28)25(19-23-16-12(22)7-11(21)8-13(16)30-19)20(31-14)24-17(27)10-5-3-2-4-6-10/h2-9H,1H3/b14-9-,24-20?. The summed E-state index contributed by atoms with van der Waals surface area (Å²) in [6, 6.07) is 11.6. The minimum absolute atomic E-state index is 0.0508. The summed E-state index contributed by atoms with van der Waals surface area (Å²) in [6.07, 6.45) is 1.05. The zero-order chi connectivity index (χ0) is 22.1. The lowest BCUT2D eigenvalue weighted by molar-refractivity contribution is -0.135. The van der Waals surface area contributed by atoms with Crippen LogP contribution in [0.1, 0.15) is 10.4 Å². The predicted molar refractivity (Wildman–Crippen MR) is 123 cm³/mol. The van der Waals surface area contributed by atoms with Gasteiger partial charge in [0.1, 0.15) is 5.52 Å². The molecule has 1 fully saturated rings. The molecule has 0 bridgehead atoms. The maximum atomic E-state index is 13.1. The number of hydrogen-bond donors (Lipinski definition) is 0. The lowest BCUT2D eigenvalue weighted by Gasteiger charge is -2.11. The fourth-order valence-corrected chi connectivity index (χ4v) is 5.32. The number of thioether (sulfide) groups is 1. The minimum Gasteiger partial charge on any atom is -0.466 e. The molecule has 2 aromatic carbocycles. The van der Waals surface area contributed by atoms with Gasteiger partial charge in [0.15, 0.2) is 10.3 Å². The molecular formula is C20H11Cl2N3O4S2. The Bertz CT molecular complexity index is 1290. The van der Waals surface area contributed by atoms with Crippen molar-refractivity contribution >= 4 is 84.6 Å². The van der Waals surface area contributed by atoms with Gasteiger partial charge >= 0.3 is 5.97 Å². The van der Waals surface area contributed by atoms with Gasteiger partial charge in [-0.1, -0.05) is 52.7 Å². The lowest BCUT2D eigenvalue weighted by Crippen LogP contribution is -2.29. The van der Waals surface area contributed by atoms with Gasteiger partial charge < -0.3 is 4.74 Å². The number of amidine groups is 1. The number of esters is 1. The normalized spacial score (nSPS) is 16.5. The van der Waals surface area contributed by atoms with E-state index in [4.69, 9.17) is 23.2 Å². The van der Waals surface area contributed by atoms with Crippen molar-refractivity contribution in [3.05, 3.63) is 69.1 Å². The highest BCUT2D eigenvalue weighted by atomic mass is 35.5. The van der Waals surface area contributed by atoms with Gasteiger partial charge in [0.05, 0.1) is 21.7 Å². The summed E-state index contributed by atoms with van der Waals surface area (Å²) in [6.45, 7) is 0. The molecule has 4 rings (SSSR count). The molecule has 0 unspecified atom stereocenters. The van der Waals surface area contributed by atoms with Gasteiger partial charge in [-0.15, -0.1) is 0 Å². The zero-order valence-corrected chi connectivity index (χ0v) is 18.8. The number of methoxy groups -OCH3 is 1. The van der Waals surface area contributed by atoms with Crippen molar-refractivity contribution in [2.75, 3.05) is 12.0 Å². The first-order valence-electron chi connectivity index (χ1n) is 8.63. The van der Waals surface area contributed by atoms with E-state index in [9.17, 15) is 14.4 Å². The molecule has 11 heteroatoms. The average molecular weight is 492 g/mol. The molecule has 0 atom stereocenters. The Morgan fingerprint density at radius 2 is 1.94 bits per heavy atom. The second-order valence-corrected chi connectivity index (χ2v) is 8.93. The number of hydrogen-bond acceptors (Lipinski definition) is 7. The number of halogens is 2. The van der Waals surface area contributed by atoms with Gasteiger partial charge in [-0.05, 0) is 36.0 Å². The molecule has 156 valence electrons. The van der Waals surface area contributed by atoms with Crippen LogP contribution in [0.4, 0.5) is 5.13 Å². The molecule has 0 N–H and O–H groups in total. The number of rotatable bonds is 3. The quantitative estimate of drug-likeness (QED) is 0.380. The van der Waals surface area contributed by atoms with Gasteiger partial charge in [-0.25, -0.2) is 14.7 Å². The fraction of sp³-hybridized carbons (Fsp3) is 0.0500. The molecule has 31 heavy (non-hydrogen) atoms. The molecule has 2 amide bonds. The van der Waals surface area contributed by atoms with Crippen molar-refractivity contribution in [3.8, 4) is 0 Å². The van der Waals surface area contributed by atoms with Crippen LogP contribution in [0.2, 0.25) is 10.0 Å². The third kappa shape index (κ3) is 4.35. The van der Waals surface area contributed by atoms with Crippen molar-refractivity contribution < 1.29 is 19.1 Å². The van der Waals surface area contributed by atoms with Crippen molar-refractivity contribution in [2.45, 2.75) is 0 Å². The van der Waals surface area contributed by atoms with Crippen LogP contribution < -0.4 is 4.90 Å². The summed E-state index contributed by atoms with van der Waals surface area (Å²) in [5.41, 5.74) is 0.815. The second kappa shape index (κ2) is 8.80. The number of benzene rings is 2. The van der Waals surface area contributed by atoms with Crippen LogP contribution >= 0.6 is 46.3 Å². The van der Waals surface area contributed by atoms with Crippen LogP contribution in [-0.4, -0.2) is 35.0 Å². The number of aromatic nitrogens is 1. The van der Waals surface area contributed by atoms with Gasteiger partial charge in [0, 0.05) is 16.7 Å². The molecule has 0 radical (unpaired) electrons. The molecule has 3 aromatic rings. The Balaban J connectivity index is 1.82. The van der Waals surface area contributed by atoms with E-state index in [2.05, 4.69) is 14.7 Å². The predicted octanol–water partition coefficient (Wildman–Crippen LogP) is 4.94. The van der Waals surface area contributed by atoms with Crippen LogP contribution in [0.25, 0.3) is 10.2 Å². The monoisotopic (exact) mass is 491 g/mol. The van der Waals surface area contributed by atoms with E-state index < -0.39 is 17.8 Å². The number of anilines is 1. The zero-order valence-electron chi connectivity index (χ0n) is 15.7. The molecule has 1 aliphatic rings. The summed E-state index contributed by atoms with van der Waals surface area (Å²) in [4.78, 5) is 47.2. The van der Waals surface area contributed by atoms with Crippen LogP contribution in [0, 0.1) is 0 Å². The Labute approximate surface area is 194 Å². The maximum absolute atomic E-state index is 13.1. The van der Waals surface area contributed by atoms with E-state index in [0.29, 0.717) is 25.8 Å². The number of ether oxygens (including phenoxy) is 1. The van der Waals surface area contributed by atoms with Crippen molar-refractivity contribution in [1.82, 2.24) is 4.98 Å². The van der Waals surface area contributed by atoms with Crippen LogP contribution in [0.3, 0.4) is 0 Å². The molecule has 1 aliphatic heterocycles. The molecular weight excluding hydrogens is 481 g/mol. The largest absolute Gasteiger partial charge is 0.466 e. The Morgan fingerprint density at radius 3 is 2.65 bits per heavy atom. The fourth-order valence-electron chi connectivity index (χ4n) is 2.66. The number of thiazole rings is 1. The van der Waals surface area contributed by atoms with Crippen LogP contribution in [0.5, 0.6) is 0 Å². The molecule has 1 saturated heterocycles. The van der Waals surface area contributed by atoms with Gasteiger partial charge in [-0.2, -0.15) is 4.99 Å². The van der Waals surface area contributed by atoms with Crippen LogP contribution in [0.15, 0.2) is 58.4 Å². The van der Waals surface area contributed by atoms with E-state index in [1.165, 1.54) is 12.0 Å². The minimum atomic E-state index is -0.703. The lowest BCUT2D eigenvalue weighted by atomic mass is 10.2. The number of aliphatic imine (C=N–C) groups is 1. The summed E-state index contributed by atoms with van der Waals surface area (Å²) in [7, 11) is 1.20. The molecule has 0 saturated carbocycles. The molecule has 1 aromatic heterocycles. The summed E-state index contributed by atoms with van der Waals surface area (Å²) in [5.74, 6) is -1.80. The SMILES string of the molecule is COC(=O)/C=C1\SC(=NC(=O)c2ccccc2)N(c2nc3c(Cl)cc(Cl)cc3s2)C1=O. The van der Waals surface area contributed by atoms with Gasteiger partial charge in [0.2, 0.25) is 0 Å². The van der Waals surface area contributed by atoms with Crippen molar-refractivity contribution in [1.29, 1.82) is 0 Å². The highest BCUT2D eigenvalue weighted by Gasteiger charge is 2.38. The van der Waals surface area contributed by atoms with Crippen molar-refractivity contribution in [2.24, 2.45) is 4.99 Å². The summed E-state index contributed by atoms with van der Waals surface area (Å²) >= 11 is 14.3.